The molecule has 0 heterocycles. The minimum absolute atomic E-state index is 0.0438. The van der Waals surface area contributed by atoms with Crippen LogP contribution in [-0.2, 0) is 23.9 Å². The molecule has 0 radical (unpaired) electrons. The van der Waals surface area contributed by atoms with Crippen molar-refractivity contribution in [2.45, 2.75) is 58.4 Å². The molecule has 0 saturated carbocycles. The monoisotopic (exact) mass is 316 g/mol. The first-order valence-corrected chi connectivity index (χ1v) is 7.86. The van der Waals surface area contributed by atoms with Crippen molar-refractivity contribution in [1.29, 1.82) is 0 Å². The van der Waals surface area contributed by atoms with Crippen molar-refractivity contribution in [2.75, 3.05) is 19.8 Å². The second-order valence-corrected chi connectivity index (χ2v) is 4.96. The van der Waals surface area contributed by atoms with Crippen LogP contribution in [0.1, 0.15) is 52.4 Å². The molecule has 22 heavy (non-hydrogen) atoms. The molecule has 128 valence electrons. The molecule has 0 bridgehead atoms. The van der Waals surface area contributed by atoms with Gasteiger partial charge in [-0.3, -0.25) is 9.59 Å². The van der Waals surface area contributed by atoms with Gasteiger partial charge in [0.05, 0.1) is 19.8 Å². The van der Waals surface area contributed by atoms with Crippen LogP contribution < -0.4 is 11.1 Å². The molecule has 0 aliphatic rings. The van der Waals surface area contributed by atoms with E-state index in [0.717, 1.165) is 25.7 Å². The third-order valence-corrected chi connectivity index (χ3v) is 2.95. The molecule has 0 aromatic heterocycles. The maximum absolute atomic E-state index is 11.9. The lowest BCUT2D eigenvalue weighted by molar-refractivity contribution is -0.149. The van der Waals surface area contributed by atoms with Crippen molar-refractivity contribution in [3.05, 3.63) is 0 Å². The Morgan fingerprint density at radius 1 is 1.05 bits per heavy atom. The van der Waals surface area contributed by atoms with Gasteiger partial charge in [0.25, 0.3) is 0 Å². The first kappa shape index (κ1) is 20.4. The predicted octanol–water partition coefficient (Wildman–Crippen LogP) is 0.897. The Bertz CT molecular complexity index is 347. The molecule has 7 heteroatoms. The second kappa shape index (κ2) is 13.1. The SMILES string of the molecule is CCCCOC(=O)CCC(NC(=O)CN)C(=O)OCCCC. The summed E-state index contributed by atoms with van der Waals surface area (Å²) in [5, 5.41) is 2.47. The predicted molar refractivity (Wildman–Crippen MR) is 82.0 cm³/mol. The van der Waals surface area contributed by atoms with Crippen LogP contribution in [0.3, 0.4) is 0 Å². The minimum Gasteiger partial charge on any atom is -0.466 e. The molecular weight excluding hydrogens is 288 g/mol. The minimum atomic E-state index is -0.869. The number of rotatable bonds is 12. The highest BCUT2D eigenvalue weighted by atomic mass is 16.5. The molecule has 1 atom stereocenters. The molecule has 0 saturated heterocycles. The van der Waals surface area contributed by atoms with Gasteiger partial charge in [-0.15, -0.1) is 0 Å². The number of esters is 2. The quantitative estimate of drug-likeness (QED) is 0.409. The summed E-state index contributed by atoms with van der Waals surface area (Å²) in [7, 11) is 0. The standard InChI is InChI=1S/C15H28N2O5/c1-3-5-9-21-14(19)8-7-12(17-13(18)11-16)15(20)22-10-6-4-2/h12H,3-11,16H2,1-2H3,(H,17,18). The molecule has 0 aromatic rings. The van der Waals surface area contributed by atoms with Gasteiger partial charge in [-0.05, 0) is 19.3 Å². The maximum atomic E-state index is 11.9. The van der Waals surface area contributed by atoms with Gasteiger partial charge in [0.2, 0.25) is 5.91 Å². The Morgan fingerprint density at radius 2 is 1.64 bits per heavy atom. The van der Waals surface area contributed by atoms with Crippen molar-refractivity contribution in [2.24, 2.45) is 5.73 Å². The average Bonchev–Trinajstić information content (AvgIpc) is 2.51. The van der Waals surface area contributed by atoms with E-state index in [1.807, 2.05) is 13.8 Å². The van der Waals surface area contributed by atoms with Gasteiger partial charge in [-0.25, -0.2) is 4.79 Å². The molecule has 0 fully saturated rings. The molecule has 0 spiro atoms. The molecule has 0 rings (SSSR count). The van der Waals surface area contributed by atoms with E-state index < -0.39 is 17.9 Å². The maximum Gasteiger partial charge on any atom is 0.328 e. The van der Waals surface area contributed by atoms with Crippen molar-refractivity contribution >= 4 is 17.8 Å². The number of nitrogens with two attached hydrogens (primary N) is 1. The normalized spacial score (nSPS) is 11.6. The number of nitrogens with one attached hydrogen (secondary N) is 1. The smallest absolute Gasteiger partial charge is 0.328 e. The molecule has 0 aliphatic carbocycles. The van der Waals surface area contributed by atoms with Gasteiger partial charge >= 0.3 is 11.9 Å². The lowest BCUT2D eigenvalue weighted by atomic mass is 10.1. The number of amides is 1. The third kappa shape index (κ3) is 10.1. The fourth-order valence-electron chi connectivity index (χ4n) is 1.58. The number of ether oxygens (including phenoxy) is 2. The zero-order chi connectivity index (χ0) is 16.8. The van der Waals surface area contributed by atoms with E-state index in [1.54, 1.807) is 0 Å². The third-order valence-electron chi connectivity index (χ3n) is 2.95. The van der Waals surface area contributed by atoms with Crippen molar-refractivity contribution < 1.29 is 23.9 Å². The molecular formula is C15H28N2O5. The summed E-state index contributed by atoms with van der Waals surface area (Å²) in [6, 6.07) is -0.869. The summed E-state index contributed by atoms with van der Waals surface area (Å²) >= 11 is 0. The Labute approximate surface area is 131 Å². The zero-order valence-corrected chi connectivity index (χ0v) is 13.6. The van der Waals surface area contributed by atoms with E-state index in [1.165, 1.54) is 0 Å². The summed E-state index contributed by atoms with van der Waals surface area (Å²) in [6.45, 7) is 4.42. The van der Waals surface area contributed by atoms with Gasteiger partial charge in [-0.1, -0.05) is 26.7 Å². The molecule has 1 unspecified atom stereocenters. The summed E-state index contributed by atoms with van der Waals surface area (Å²) in [5.74, 6) is -1.39. The van der Waals surface area contributed by atoms with Crippen LogP contribution in [0.25, 0.3) is 0 Å². The van der Waals surface area contributed by atoms with E-state index in [-0.39, 0.29) is 25.4 Å². The van der Waals surface area contributed by atoms with Gasteiger partial charge in [0, 0.05) is 6.42 Å². The van der Waals surface area contributed by atoms with E-state index in [0.29, 0.717) is 13.2 Å². The van der Waals surface area contributed by atoms with Crippen LogP contribution in [0.4, 0.5) is 0 Å². The Balaban J connectivity index is 4.30. The summed E-state index contributed by atoms with van der Waals surface area (Å²) in [5.41, 5.74) is 5.22. The van der Waals surface area contributed by atoms with Gasteiger partial charge in [0.1, 0.15) is 6.04 Å². The Morgan fingerprint density at radius 3 is 2.18 bits per heavy atom. The van der Waals surface area contributed by atoms with Crippen LogP contribution in [0.15, 0.2) is 0 Å². The summed E-state index contributed by atoms with van der Waals surface area (Å²) in [6.07, 6.45) is 3.58. The van der Waals surface area contributed by atoms with Crippen molar-refractivity contribution in [1.82, 2.24) is 5.32 Å². The zero-order valence-electron chi connectivity index (χ0n) is 13.6. The first-order valence-electron chi connectivity index (χ1n) is 7.86. The molecule has 3 N–H and O–H groups in total. The highest BCUT2D eigenvalue weighted by Crippen LogP contribution is 2.04. The van der Waals surface area contributed by atoms with Crippen molar-refractivity contribution in [3.8, 4) is 0 Å². The van der Waals surface area contributed by atoms with Gasteiger partial charge in [-0.2, -0.15) is 0 Å². The van der Waals surface area contributed by atoms with E-state index >= 15 is 0 Å². The summed E-state index contributed by atoms with van der Waals surface area (Å²) < 4.78 is 10.1. The molecule has 1 amide bonds. The Kier molecular flexibility index (Phi) is 12.1. The lowest BCUT2D eigenvalue weighted by Gasteiger charge is -2.17. The molecule has 7 nitrogen and oxygen atoms in total. The fraction of sp³-hybridized carbons (Fsp3) is 0.800. The van der Waals surface area contributed by atoms with Crippen LogP contribution in [0.2, 0.25) is 0 Å². The number of carbonyl (C=O) groups excluding carboxylic acids is 3. The first-order chi connectivity index (χ1) is 10.5. The van der Waals surface area contributed by atoms with Gasteiger partial charge < -0.3 is 20.5 Å². The lowest BCUT2D eigenvalue weighted by Crippen LogP contribution is -2.44. The topological polar surface area (TPSA) is 108 Å². The van der Waals surface area contributed by atoms with E-state index in [2.05, 4.69) is 5.32 Å². The summed E-state index contributed by atoms with van der Waals surface area (Å²) in [4.78, 5) is 34.8. The van der Waals surface area contributed by atoms with Crippen LogP contribution in [0.5, 0.6) is 0 Å². The highest BCUT2D eigenvalue weighted by Gasteiger charge is 2.23. The van der Waals surface area contributed by atoms with Gasteiger partial charge in [0.15, 0.2) is 0 Å². The van der Waals surface area contributed by atoms with Crippen LogP contribution in [-0.4, -0.2) is 43.6 Å². The van der Waals surface area contributed by atoms with Crippen molar-refractivity contribution in [3.63, 3.8) is 0 Å². The number of carbonyl (C=O) groups is 3. The number of hydrogen-bond acceptors (Lipinski definition) is 6. The largest absolute Gasteiger partial charge is 0.466 e. The molecule has 0 aromatic carbocycles. The highest BCUT2D eigenvalue weighted by molar-refractivity contribution is 5.85. The average molecular weight is 316 g/mol. The van der Waals surface area contributed by atoms with Crippen LogP contribution >= 0.6 is 0 Å². The number of hydrogen-bond donors (Lipinski definition) is 2. The fourth-order valence-corrected chi connectivity index (χ4v) is 1.58. The second-order valence-electron chi connectivity index (χ2n) is 4.96. The number of unbranched alkanes of at least 4 members (excludes halogenated alkanes) is 2. The van der Waals surface area contributed by atoms with E-state index in [9.17, 15) is 14.4 Å². The van der Waals surface area contributed by atoms with Crippen LogP contribution in [0, 0.1) is 0 Å². The van der Waals surface area contributed by atoms with E-state index in [4.69, 9.17) is 15.2 Å². The Hall–Kier alpha value is -1.63. The molecule has 0 aliphatic heterocycles.